The summed E-state index contributed by atoms with van der Waals surface area (Å²) in [7, 11) is 5.30. The van der Waals surface area contributed by atoms with Crippen LogP contribution in [0.15, 0.2) is 66.7 Å². The Morgan fingerprint density at radius 1 is 0.586 bits per heavy atom. The van der Waals surface area contributed by atoms with Crippen molar-refractivity contribution < 1.29 is 14.2 Å². The van der Waals surface area contributed by atoms with Crippen LogP contribution < -0.4 is 13.2 Å². The van der Waals surface area contributed by atoms with Crippen LogP contribution in [0, 0.1) is 6.92 Å². The van der Waals surface area contributed by atoms with Gasteiger partial charge in [0.2, 0.25) is 0 Å². The van der Waals surface area contributed by atoms with Crippen molar-refractivity contribution in [3.8, 4) is 0 Å². The van der Waals surface area contributed by atoms with Crippen LogP contribution in [0.5, 0.6) is 0 Å². The van der Waals surface area contributed by atoms with Crippen LogP contribution >= 0.6 is 0 Å². The number of rotatable bonds is 9. The van der Waals surface area contributed by atoms with Crippen LogP contribution in [0.4, 0.5) is 0 Å². The summed E-state index contributed by atoms with van der Waals surface area (Å²) in [5.41, 5.74) is 5.12. The molecule has 3 nitrogen and oxygen atoms in total. The molecule has 1 radical (unpaired) electrons. The van der Waals surface area contributed by atoms with Gasteiger partial charge in [-0.15, -0.1) is 0 Å². The van der Waals surface area contributed by atoms with Crippen molar-refractivity contribution >= 4 is 27.5 Å². The van der Waals surface area contributed by atoms with Gasteiger partial charge in [0.05, 0.1) is 0 Å². The molecule has 0 amide bonds. The van der Waals surface area contributed by atoms with Crippen molar-refractivity contribution in [3.63, 3.8) is 0 Å². The SMILES string of the molecule is COCc1cccc[c]1[Ge]([c]1ccccc1COC)[c]1cccc(C)c1COC. The molecular weight excluding hydrogens is 421 g/mol. The van der Waals surface area contributed by atoms with Crippen molar-refractivity contribution in [2.24, 2.45) is 0 Å². The topological polar surface area (TPSA) is 27.7 Å². The zero-order valence-electron chi connectivity index (χ0n) is 17.7. The first-order chi connectivity index (χ1) is 14.2. The van der Waals surface area contributed by atoms with E-state index in [1.807, 2.05) is 0 Å². The van der Waals surface area contributed by atoms with Crippen molar-refractivity contribution in [1.82, 2.24) is 0 Å². The maximum absolute atomic E-state index is 5.60. The molecule has 0 aliphatic heterocycles. The van der Waals surface area contributed by atoms with E-state index in [-0.39, 0.29) is 0 Å². The minimum absolute atomic E-state index is 0.616. The molecule has 0 atom stereocenters. The first-order valence-electron chi connectivity index (χ1n) is 9.80. The molecule has 4 heteroatoms. The Hall–Kier alpha value is -1.92. The Morgan fingerprint density at radius 3 is 1.59 bits per heavy atom. The Labute approximate surface area is 178 Å². The first-order valence-corrected chi connectivity index (χ1v) is 12.9. The van der Waals surface area contributed by atoms with E-state index in [0.717, 1.165) is 0 Å². The van der Waals surface area contributed by atoms with Crippen LogP contribution in [0.1, 0.15) is 22.3 Å². The Kier molecular flexibility index (Phi) is 8.07. The van der Waals surface area contributed by atoms with Gasteiger partial charge in [0.15, 0.2) is 0 Å². The number of benzene rings is 3. The molecule has 0 saturated carbocycles. The van der Waals surface area contributed by atoms with Gasteiger partial charge in [0.1, 0.15) is 0 Å². The van der Waals surface area contributed by atoms with E-state index in [1.54, 1.807) is 21.3 Å². The van der Waals surface area contributed by atoms with Crippen LogP contribution in [-0.2, 0) is 34.0 Å². The van der Waals surface area contributed by atoms with E-state index in [1.165, 1.54) is 35.4 Å². The Morgan fingerprint density at radius 2 is 1.07 bits per heavy atom. The summed E-state index contributed by atoms with van der Waals surface area (Å²) in [4.78, 5) is 0. The zero-order valence-corrected chi connectivity index (χ0v) is 19.8. The van der Waals surface area contributed by atoms with E-state index in [9.17, 15) is 0 Å². The second kappa shape index (κ2) is 10.7. The summed E-state index contributed by atoms with van der Waals surface area (Å²) >= 11 is -2.16. The average Bonchev–Trinajstić information content (AvgIpc) is 2.73. The summed E-state index contributed by atoms with van der Waals surface area (Å²) in [6, 6.07) is 24.1. The van der Waals surface area contributed by atoms with Gasteiger partial charge in [-0.25, -0.2) is 0 Å². The van der Waals surface area contributed by atoms with Crippen molar-refractivity contribution in [2.75, 3.05) is 21.3 Å². The van der Waals surface area contributed by atoms with Gasteiger partial charge in [0, 0.05) is 0 Å². The molecule has 29 heavy (non-hydrogen) atoms. The summed E-state index contributed by atoms with van der Waals surface area (Å²) in [6.07, 6.45) is 0. The van der Waals surface area contributed by atoms with Gasteiger partial charge >= 0.3 is 179 Å². The Balaban J connectivity index is 2.29. The summed E-state index contributed by atoms with van der Waals surface area (Å²) < 4.78 is 21.0. The number of methoxy groups -OCH3 is 3. The number of hydrogen-bond acceptors (Lipinski definition) is 3. The normalized spacial score (nSPS) is 11.2. The van der Waals surface area contributed by atoms with Gasteiger partial charge in [-0.05, 0) is 0 Å². The van der Waals surface area contributed by atoms with Gasteiger partial charge in [-0.3, -0.25) is 0 Å². The van der Waals surface area contributed by atoms with E-state index < -0.39 is 14.3 Å². The maximum atomic E-state index is 5.60. The fraction of sp³-hybridized carbons (Fsp3) is 0.280. The molecule has 3 rings (SSSR count). The number of aryl methyl sites for hydroxylation is 1. The van der Waals surface area contributed by atoms with Gasteiger partial charge < -0.3 is 0 Å². The molecule has 0 N–H and O–H groups in total. The molecule has 0 unspecified atom stereocenters. The zero-order chi connectivity index (χ0) is 20.6. The minimum atomic E-state index is -2.16. The summed E-state index contributed by atoms with van der Waals surface area (Å²) in [5, 5.41) is 0. The van der Waals surface area contributed by atoms with E-state index in [4.69, 9.17) is 14.2 Å². The number of hydrogen-bond donors (Lipinski definition) is 0. The molecule has 0 heterocycles. The third kappa shape index (κ3) is 4.99. The molecule has 3 aromatic rings. The molecule has 3 aromatic carbocycles. The average molecular weight is 450 g/mol. The number of ether oxygens (including phenoxy) is 3. The molecule has 151 valence electrons. The fourth-order valence-electron chi connectivity index (χ4n) is 3.80. The monoisotopic (exact) mass is 451 g/mol. The van der Waals surface area contributed by atoms with Crippen LogP contribution in [0.25, 0.3) is 0 Å². The molecule has 0 bridgehead atoms. The molecule has 0 aliphatic rings. The predicted molar refractivity (Wildman–Crippen MR) is 121 cm³/mol. The van der Waals surface area contributed by atoms with Crippen LogP contribution in [0.3, 0.4) is 0 Å². The van der Waals surface area contributed by atoms with Gasteiger partial charge in [-0.1, -0.05) is 0 Å². The second-order valence-corrected chi connectivity index (χ2v) is 12.1. The summed E-state index contributed by atoms with van der Waals surface area (Å²) in [5.74, 6) is 0. The van der Waals surface area contributed by atoms with E-state index >= 15 is 0 Å². The summed E-state index contributed by atoms with van der Waals surface area (Å²) in [6.45, 7) is 4.03. The fourth-order valence-corrected chi connectivity index (χ4v) is 10.5. The van der Waals surface area contributed by atoms with Gasteiger partial charge in [-0.2, -0.15) is 0 Å². The molecule has 0 aliphatic carbocycles. The van der Waals surface area contributed by atoms with Crippen LogP contribution in [-0.4, -0.2) is 35.7 Å². The van der Waals surface area contributed by atoms with Crippen molar-refractivity contribution in [1.29, 1.82) is 0 Å². The predicted octanol–water partition coefficient (Wildman–Crippen LogP) is 2.95. The quantitative estimate of drug-likeness (QED) is 0.470. The van der Waals surface area contributed by atoms with E-state index in [2.05, 4.69) is 73.7 Å². The molecule has 0 fully saturated rings. The van der Waals surface area contributed by atoms with Crippen LogP contribution in [0.2, 0.25) is 0 Å². The molecule has 0 spiro atoms. The third-order valence-corrected chi connectivity index (χ3v) is 11.6. The van der Waals surface area contributed by atoms with Crippen molar-refractivity contribution in [3.05, 3.63) is 89.0 Å². The first kappa shape index (κ1) is 21.8. The second-order valence-electron chi connectivity index (χ2n) is 7.09. The standard InChI is InChI=1S/C25H29GeO3/c1-19-10-9-15-25(22(19)18-29-4)26(23-13-7-5-11-20(23)16-27-2)24-14-8-6-12-21(24)17-28-3/h5-15H,16-18H2,1-4H3. The molecular formula is C25H29GeO3. The third-order valence-electron chi connectivity index (χ3n) is 5.14. The van der Waals surface area contributed by atoms with Gasteiger partial charge in [0.25, 0.3) is 0 Å². The Bertz CT molecular complexity index is 889. The van der Waals surface area contributed by atoms with Crippen molar-refractivity contribution in [2.45, 2.75) is 26.7 Å². The van der Waals surface area contributed by atoms with E-state index in [0.29, 0.717) is 19.8 Å². The molecule has 0 saturated heterocycles. The molecule has 0 aromatic heterocycles.